The molecule has 0 amide bonds. The van der Waals surface area contributed by atoms with Crippen molar-refractivity contribution in [1.82, 2.24) is 30.2 Å². The molecule has 29 heavy (non-hydrogen) atoms. The first-order chi connectivity index (χ1) is 14.3. The molecule has 0 saturated carbocycles. The van der Waals surface area contributed by atoms with E-state index in [0.29, 0.717) is 11.9 Å². The van der Waals surface area contributed by atoms with Gasteiger partial charge in [-0.1, -0.05) is 0 Å². The van der Waals surface area contributed by atoms with Crippen LogP contribution >= 0.6 is 0 Å². The van der Waals surface area contributed by atoms with Crippen LogP contribution in [0.1, 0.15) is 24.1 Å². The van der Waals surface area contributed by atoms with Gasteiger partial charge in [-0.3, -0.25) is 4.90 Å². The molecule has 9 nitrogen and oxygen atoms in total. The Morgan fingerprint density at radius 2 is 1.79 bits per heavy atom. The van der Waals surface area contributed by atoms with Crippen LogP contribution in [-0.4, -0.2) is 76.8 Å². The van der Waals surface area contributed by atoms with Gasteiger partial charge in [-0.25, -0.2) is 19.9 Å². The Hall–Kier alpha value is -2.36. The van der Waals surface area contributed by atoms with Crippen molar-refractivity contribution in [2.75, 3.05) is 56.6 Å². The van der Waals surface area contributed by atoms with E-state index in [1.165, 1.54) is 18.4 Å². The van der Waals surface area contributed by atoms with Crippen LogP contribution in [0.4, 0.5) is 11.8 Å². The molecule has 0 bridgehead atoms. The third kappa shape index (κ3) is 3.90. The summed E-state index contributed by atoms with van der Waals surface area (Å²) in [6, 6.07) is 0.634. The molecule has 3 aliphatic rings. The second-order valence-corrected chi connectivity index (χ2v) is 7.93. The van der Waals surface area contributed by atoms with Gasteiger partial charge < -0.3 is 20.7 Å². The first-order valence-electron chi connectivity index (χ1n) is 10.5. The standard InChI is InChI=1S/C20H28N8O/c21-20-23-11-14(12-24-20)18-25-17-13-28(15-1-4-22-5-2-15)6-3-16(17)19(26-18)27-7-9-29-10-8-27/h11-12,15,22H,1-10,13H2,(H2,21,23,24). The highest BCUT2D eigenvalue weighted by Gasteiger charge is 2.30. The van der Waals surface area contributed by atoms with Crippen LogP contribution in [0, 0.1) is 0 Å². The molecule has 2 saturated heterocycles. The van der Waals surface area contributed by atoms with Crippen molar-refractivity contribution in [2.24, 2.45) is 0 Å². The summed E-state index contributed by atoms with van der Waals surface area (Å²) < 4.78 is 5.56. The third-order valence-electron chi connectivity index (χ3n) is 6.14. The number of nitrogen functional groups attached to an aromatic ring is 1. The summed E-state index contributed by atoms with van der Waals surface area (Å²) in [4.78, 5) is 23.1. The fraction of sp³-hybridized carbons (Fsp3) is 0.600. The number of fused-ring (bicyclic) bond motifs is 1. The smallest absolute Gasteiger partial charge is 0.219 e. The van der Waals surface area contributed by atoms with E-state index >= 15 is 0 Å². The summed E-state index contributed by atoms with van der Waals surface area (Å²) in [6.45, 7) is 7.35. The normalized spacial score (nSPS) is 21.2. The number of nitrogens with two attached hydrogens (primary N) is 1. The molecule has 2 aromatic rings. The molecular weight excluding hydrogens is 368 g/mol. The summed E-state index contributed by atoms with van der Waals surface area (Å²) in [7, 11) is 0. The number of hydrogen-bond donors (Lipinski definition) is 2. The third-order valence-corrected chi connectivity index (χ3v) is 6.14. The highest BCUT2D eigenvalue weighted by atomic mass is 16.5. The summed E-state index contributed by atoms with van der Waals surface area (Å²) >= 11 is 0. The van der Waals surface area contributed by atoms with Gasteiger partial charge in [0.05, 0.1) is 24.5 Å². The predicted octanol–water partition coefficient (Wildman–Crippen LogP) is 0.463. The summed E-state index contributed by atoms with van der Waals surface area (Å²) in [6.07, 6.45) is 6.82. The van der Waals surface area contributed by atoms with Gasteiger partial charge in [0.2, 0.25) is 5.95 Å². The summed E-state index contributed by atoms with van der Waals surface area (Å²) in [5, 5.41) is 3.47. The second-order valence-electron chi connectivity index (χ2n) is 7.93. The molecule has 2 aromatic heterocycles. The van der Waals surface area contributed by atoms with Crippen molar-refractivity contribution in [2.45, 2.75) is 31.8 Å². The largest absolute Gasteiger partial charge is 0.378 e. The molecule has 0 spiro atoms. The molecule has 3 aliphatic heterocycles. The van der Waals surface area contributed by atoms with Crippen molar-refractivity contribution >= 4 is 11.8 Å². The minimum absolute atomic E-state index is 0.261. The maximum atomic E-state index is 5.67. The number of anilines is 2. The van der Waals surface area contributed by atoms with Gasteiger partial charge in [0.15, 0.2) is 5.82 Å². The van der Waals surface area contributed by atoms with E-state index in [0.717, 1.165) is 76.0 Å². The summed E-state index contributed by atoms with van der Waals surface area (Å²) in [5.74, 6) is 1.99. The Labute approximate surface area is 170 Å². The fourth-order valence-electron chi connectivity index (χ4n) is 4.53. The minimum Gasteiger partial charge on any atom is -0.378 e. The SMILES string of the molecule is Nc1ncc(-c2nc3c(c(N4CCOCC4)n2)CCN(C2CCNCC2)C3)cn1. The number of nitrogens with one attached hydrogen (secondary N) is 1. The Kier molecular flexibility index (Phi) is 5.26. The van der Waals surface area contributed by atoms with Gasteiger partial charge in [-0.15, -0.1) is 0 Å². The minimum atomic E-state index is 0.261. The number of rotatable bonds is 3. The van der Waals surface area contributed by atoms with Crippen molar-refractivity contribution in [3.8, 4) is 11.4 Å². The van der Waals surface area contributed by atoms with Gasteiger partial charge in [0.1, 0.15) is 5.82 Å². The van der Waals surface area contributed by atoms with Crippen molar-refractivity contribution in [1.29, 1.82) is 0 Å². The van der Waals surface area contributed by atoms with Crippen LogP contribution in [-0.2, 0) is 17.7 Å². The van der Waals surface area contributed by atoms with Gasteiger partial charge in [0.25, 0.3) is 0 Å². The molecule has 3 N–H and O–H groups in total. The van der Waals surface area contributed by atoms with Crippen LogP contribution in [0.3, 0.4) is 0 Å². The van der Waals surface area contributed by atoms with E-state index in [1.54, 1.807) is 12.4 Å². The molecule has 2 fully saturated rings. The molecule has 0 unspecified atom stereocenters. The average Bonchev–Trinajstić information content (AvgIpc) is 2.79. The molecule has 0 aromatic carbocycles. The maximum Gasteiger partial charge on any atom is 0.219 e. The lowest BCUT2D eigenvalue weighted by molar-refractivity contribution is 0.122. The Morgan fingerprint density at radius 3 is 2.55 bits per heavy atom. The van der Waals surface area contributed by atoms with Crippen LogP contribution in [0.15, 0.2) is 12.4 Å². The van der Waals surface area contributed by atoms with E-state index in [4.69, 9.17) is 20.4 Å². The molecule has 154 valence electrons. The average molecular weight is 396 g/mol. The number of morpholine rings is 1. The van der Waals surface area contributed by atoms with Crippen molar-refractivity contribution < 1.29 is 4.74 Å². The lowest BCUT2D eigenvalue weighted by atomic mass is 9.98. The van der Waals surface area contributed by atoms with Crippen LogP contribution < -0.4 is 16.0 Å². The highest BCUT2D eigenvalue weighted by molar-refractivity contribution is 5.60. The molecule has 0 radical (unpaired) electrons. The van der Waals surface area contributed by atoms with Gasteiger partial charge in [0, 0.05) is 50.2 Å². The Morgan fingerprint density at radius 1 is 1.03 bits per heavy atom. The van der Waals surface area contributed by atoms with Gasteiger partial charge in [-0.2, -0.15) is 0 Å². The molecular formula is C20H28N8O. The number of ether oxygens (including phenoxy) is 1. The van der Waals surface area contributed by atoms with Crippen molar-refractivity contribution in [3.05, 3.63) is 23.7 Å². The van der Waals surface area contributed by atoms with Crippen LogP contribution in [0.25, 0.3) is 11.4 Å². The van der Waals surface area contributed by atoms with E-state index < -0.39 is 0 Å². The second kappa shape index (κ2) is 8.17. The topological polar surface area (TPSA) is 105 Å². The first kappa shape index (κ1) is 18.7. The maximum absolute atomic E-state index is 5.67. The van der Waals surface area contributed by atoms with E-state index in [-0.39, 0.29) is 5.95 Å². The monoisotopic (exact) mass is 396 g/mol. The number of nitrogens with zero attached hydrogens (tertiary/aromatic N) is 6. The Balaban J connectivity index is 1.51. The number of piperidine rings is 1. The molecule has 5 heterocycles. The highest BCUT2D eigenvalue weighted by Crippen LogP contribution is 2.31. The first-order valence-corrected chi connectivity index (χ1v) is 10.5. The van der Waals surface area contributed by atoms with Gasteiger partial charge >= 0.3 is 0 Å². The zero-order valence-corrected chi connectivity index (χ0v) is 16.7. The number of aromatic nitrogens is 4. The van der Waals surface area contributed by atoms with Crippen molar-refractivity contribution in [3.63, 3.8) is 0 Å². The lowest BCUT2D eigenvalue weighted by Gasteiger charge is -2.39. The molecule has 0 atom stereocenters. The summed E-state index contributed by atoms with van der Waals surface area (Å²) in [5.41, 5.74) is 8.89. The quantitative estimate of drug-likeness (QED) is 0.765. The van der Waals surface area contributed by atoms with E-state index in [1.807, 2.05) is 0 Å². The predicted molar refractivity (Wildman–Crippen MR) is 111 cm³/mol. The zero-order valence-electron chi connectivity index (χ0n) is 16.7. The lowest BCUT2D eigenvalue weighted by Crippen LogP contribution is -2.46. The van der Waals surface area contributed by atoms with Crippen LogP contribution in [0.2, 0.25) is 0 Å². The number of hydrogen-bond acceptors (Lipinski definition) is 9. The van der Waals surface area contributed by atoms with Gasteiger partial charge in [-0.05, 0) is 32.4 Å². The van der Waals surface area contributed by atoms with E-state index in [2.05, 4.69) is 25.1 Å². The van der Waals surface area contributed by atoms with Crippen LogP contribution in [0.5, 0.6) is 0 Å². The fourth-order valence-corrected chi connectivity index (χ4v) is 4.53. The Bertz CT molecular complexity index is 846. The zero-order chi connectivity index (χ0) is 19.6. The molecule has 5 rings (SSSR count). The molecule has 0 aliphatic carbocycles. The molecule has 9 heteroatoms. The van der Waals surface area contributed by atoms with E-state index in [9.17, 15) is 0 Å².